The average Bonchev–Trinajstić information content (AvgIpc) is 3.57. The zero-order valence-electron chi connectivity index (χ0n) is 18.5. The van der Waals surface area contributed by atoms with Gasteiger partial charge in [-0.15, -0.1) is 0 Å². The second-order valence-corrected chi connectivity index (χ2v) is 8.43. The Bertz CT molecular complexity index is 1630. The van der Waals surface area contributed by atoms with E-state index in [2.05, 4.69) is 30.0 Å². The van der Waals surface area contributed by atoms with Gasteiger partial charge in [0.1, 0.15) is 28.2 Å². The monoisotopic (exact) mass is 453 g/mol. The van der Waals surface area contributed by atoms with Gasteiger partial charge >= 0.3 is 0 Å². The summed E-state index contributed by atoms with van der Waals surface area (Å²) in [6, 6.07) is 9.12. The van der Waals surface area contributed by atoms with Crippen molar-refractivity contribution in [2.45, 2.75) is 6.54 Å². The number of aromatic nitrogens is 6. The number of H-pyrrole nitrogens is 2. The Morgan fingerprint density at radius 3 is 2.76 bits per heavy atom. The number of pyridine rings is 2. The van der Waals surface area contributed by atoms with E-state index < -0.39 is 0 Å². The molecular formula is C25H20FN7O. The van der Waals surface area contributed by atoms with Crippen LogP contribution in [0.1, 0.15) is 5.56 Å². The molecule has 34 heavy (non-hydrogen) atoms. The number of halogens is 1. The lowest BCUT2D eigenvalue weighted by atomic mass is 10.0. The zero-order chi connectivity index (χ0) is 23.2. The second kappa shape index (κ2) is 7.89. The van der Waals surface area contributed by atoms with Crippen molar-refractivity contribution in [1.29, 1.82) is 0 Å². The summed E-state index contributed by atoms with van der Waals surface area (Å²) in [5.74, 6) is 0.135. The third-order valence-electron chi connectivity index (χ3n) is 5.67. The Hall–Kier alpha value is -4.37. The first kappa shape index (κ1) is 20.3. The Labute approximate surface area is 193 Å². The fourth-order valence-corrected chi connectivity index (χ4v) is 4.18. The number of hydrogen-bond donors (Lipinski definition) is 2. The van der Waals surface area contributed by atoms with E-state index in [1.807, 2.05) is 44.6 Å². The summed E-state index contributed by atoms with van der Waals surface area (Å²) in [4.78, 5) is 18.9. The molecule has 168 valence electrons. The summed E-state index contributed by atoms with van der Waals surface area (Å²) >= 11 is 0. The fourth-order valence-electron chi connectivity index (χ4n) is 4.18. The van der Waals surface area contributed by atoms with Gasteiger partial charge in [0.15, 0.2) is 5.82 Å². The number of fused-ring (bicyclic) bond motifs is 2. The van der Waals surface area contributed by atoms with Crippen LogP contribution in [0.4, 0.5) is 4.39 Å². The highest BCUT2D eigenvalue weighted by molar-refractivity contribution is 5.97. The lowest BCUT2D eigenvalue weighted by molar-refractivity contribution is 0.402. The molecule has 0 atom stereocenters. The number of imidazole rings is 1. The molecule has 0 spiro atoms. The second-order valence-electron chi connectivity index (χ2n) is 8.43. The normalized spacial score (nSPS) is 11.8. The molecule has 0 aliphatic rings. The molecule has 0 radical (unpaired) electrons. The largest absolute Gasteiger partial charge is 0.472 e. The van der Waals surface area contributed by atoms with Crippen molar-refractivity contribution in [2.24, 2.45) is 0 Å². The third kappa shape index (κ3) is 3.43. The van der Waals surface area contributed by atoms with Crippen LogP contribution in [0.5, 0.6) is 0 Å². The van der Waals surface area contributed by atoms with E-state index in [-0.39, 0.29) is 5.82 Å². The van der Waals surface area contributed by atoms with Gasteiger partial charge in [-0.25, -0.2) is 9.37 Å². The highest BCUT2D eigenvalue weighted by Gasteiger charge is 2.19. The predicted molar refractivity (Wildman–Crippen MR) is 127 cm³/mol. The highest BCUT2D eigenvalue weighted by Crippen LogP contribution is 2.33. The lowest BCUT2D eigenvalue weighted by Gasteiger charge is -2.10. The summed E-state index contributed by atoms with van der Waals surface area (Å²) in [6.45, 7) is 0.745. The van der Waals surface area contributed by atoms with Crippen molar-refractivity contribution >= 4 is 21.9 Å². The molecule has 6 aromatic rings. The molecule has 0 saturated heterocycles. The molecular weight excluding hydrogens is 433 g/mol. The summed E-state index contributed by atoms with van der Waals surface area (Å²) in [5.41, 5.74) is 6.47. The van der Waals surface area contributed by atoms with Crippen molar-refractivity contribution in [3.8, 4) is 33.9 Å². The minimum absolute atomic E-state index is 0.324. The highest BCUT2D eigenvalue weighted by atomic mass is 19.1. The summed E-state index contributed by atoms with van der Waals surface area (Å²) in [7, 11) is 3.99. The number of nitrogens with zero attached hydrogens (tertiary/aromatic N) is 5. The molecule has 0 amide bonds. The van der Waals surface area contributed by atoms with E-state index in [9.17, 15) is 0 Å². The minimum Gasteiger partial charge on any atom is -0.472 e. The van der Waals surface area contributed by atoms with Crippen LogP contribution in [0.25, 0.3) is 55.8 Å². The molecule has 0 unspecified atom stereocenters. The molecule has 0 aliphatic carbocycles. The van der Waals surface area contributed by atoms with Crippen LogP contribution in [0.15, 0.2) is 65.9 Å². The average molecular weight is 453 g/mol. The van der Waals surface area contributed by atoms with E-state index in [0.717, 1.165) is 34.3 Å². The first-order valence-electron chi connectivity index (χ1n) is 10.7. The first-order valence-corrected chi connectivity index (χ1v) is 10.7. The molecule has 6 rings (SSSR count). The maximum absolute atomic E-state index is 15.1. The van der Waals surface area contributed by atoms with Crippen LogP contribution in [0.3, 0.4) is 0 Å². The summed E-state index contributed by atoms with van der Waals surface area (Å²) in [6.07, 6.45) is 8.49. The number of hydrogen-bond acceptors (Lipinski definition) is 6. The summed E-state index contributed by atoms with van der Waals surface area (Å²) < 4.78 is 20.3. The number of benzene rings is 1. The third-order valence-corrected chi connectivity index (χ3v) is 5.67. The topological polar surface area (TPSA) is 99.5 Å². The Morgan fingerprint density at radius 2 is 1.94 bits per heavy atom. The molecule has 0 bridgehead atoms. The molecule has 5 aromatic heterocycles. The van der Waals surface area contributed by atoms with Crippen LogP contribution in [0.2, 0.25) is 0 Å². The summed E-state index contributed by atoms with van der Waals surface area (Å²) in [5, 5.41) is 7.84. The van der Waals surface area contributed by atoms with Crippen molar-refractivity contribution in [3.05, 3.63) is 72.8 Å². The molecule has 0 saturated carbocycles. The van der Waals surface area contributed by atoms with E-state index in [1.54, 1.807) is 24.9 Å². The zero-order valence-corrected chi connectivity index (χ0v) is 18.5. The van der Waals surface area contributed by atoms with Gasteiger partial charge in [-0.05, 0) is 55.6 Å². The molecule has 2 N–H and O–H groups in total. The van der Waals surface area contributed by atoms with Crippen LogP contribution in [-0.2, 0) is 6.54 Å². The quantitative estimate of drug-likeness (QED) is 0.380. The SMILES string of the molecule is CN(C)Cc1cncc(-c2cc(F)c3[nH]nc(-c4nc5c(-c6ccoc6)nccc5[nH]4)c3c2)c1. The number of rotatable bonds is 5. The first-order chi connectivity index (χ1) is 16.6. The number of aromatic amines is 2. The Kier molecular flexibility index (Phi) is 4.70. The van der Waals surface area contributed by atoms with Crippen LogP contribution in [0, 0.1) is 5.82 Å². The number of furan rings is 1. The van der Waals surface area contributed by atoms with Gasteiger partial charge in [0.2, 0.25) is 0 Å². The lowest BCUT2D eigenvalue weighted by Crippen LogP contribution is -2.10. The van der Waals surface area contributed by atoms with Gasteiger partial charge in [0.05, 0.1) is 18.0 Å². The Morgan fingerprint density at radius 1 is 1.03 bits per heavy atom. The van der Waals surface area contributed by atoms with Gasteiger partial charge in [0.25, 0.3) is 0 Å². The van der Waals surface area contributed by atoms with Gasteiger partial charge in [0, 0.05) is 41.6 Å². The molecule has 9 heteroatoms. The molecule has 0 aliphatic heterocycles. The van der Waals surface area contributed by atoms with E-state index in [0.29, 0.717) is 33.6 Å². The van der Waals surface area contributed by atoms with Crippen LogP contribution < -0.4 is 0 Å². The fraction of sp³-hybridized carbons (Fsp3) is 0.120. The number of nitrogens with one attached hydrogen (secondary N) is 2. The molecule has 5 heterocycles. The van der Waals surface area contributed by atoms with E-state index in [1.165, 1.54) is 6.07 Å². The van der Waals surface area contributed by atoms with Crippen LogP contribution in [-0.4, -0.2) is 49.1 Å². The van der Waals surface area contributed by atoms with E-state index >= 15 is 4.39 Å². The molecule has 0 fully saturated rings. The molecule has 8 nitrogen and oxygen atoms in total. The maximum Gasteiger partial charge on any atom is 0.159 e. The van der Waals surface area contributed by atoms with Crippen molar-refractivity contribution in [1.82, 2.24) is 35.0 Å². The molecule has 1 aromatic carbocycles. The van der Waals surface area contributed by atoms with Gasteiger partial charge in [-0.1, -0.05) is 0 Å². The van der Waals surface area contributed by atoms with E-state index in [4.69, 9.17) is 9.40 Å². The predicted octanol–water partition coefficient (Wildman–Crippen LogP) is 5.02. The standard InChI is InChI=1S/C25H20FN7O/c1-33(2)12-14-7-17(11-27-10-14)16-8-18-22(19(26)9-16)31-32-23(18)25-29-20-3-5-28-21(24(20)30-25)15-4-6-34-13-15/h3-11,13H,12H2,1-2H3,(H,29,30)(H,31,32). The smallest absolute Gasteiger partial charge is 0.159 e. The van der Waals surface area contributed by atoms with Gasteiger partial charge < -0.3 is 14.3 Å². The van der Waals surface area contributed by atoms with Crippen molar-refractivity contribution in [3.63, 3.8) is 0 Å². The Balaban J connectivity index is 1.49. The minimum atomic E-state index is -0.388. The maximum atomic E-state index is 15.1. The van der Waals surface area contributed by atoms with Gasteiger partial charge in [-0.3, -0.25) is 15.1 Å². The van der Waals surface area contributed by atoms with Crippen LogP contribution >= 0.6 is 0 Å². The van der Waals surface area contributed by atoms with Crippen molar-refractivity contribution in [2.75, 3.05) is 14.1 Å². The van der Waals surface area contributed by atoms with Gasteiger partial charge in [-0.2, -0.15) is 5.10 Å². The van der Waals surface area contributed by atoms with Crippen molar-refractivity contribution < 1.29 is 8.81 Å².